The number of aryl methyl sites for hydroxylation is 1. The summed E-state index contributed by atoms with van der Waals surface area (Å²) in [5.41, 5.74) is 8.34. The summed E-state index contributed by atoms with van der Waals surface area (Å²) in [6, 6.07) is 6.49. The van der Waals surface area contributed by atoms with Crippen LogP contribution in [-0.4, -0.2) is 12.6 Å². The second-order valence-electron chi connectivity index (χ2n) is 4.68. The Kier molecular flexibility index (Phi) is 4.81. The molecule has 90 valence electrons. The number of benzene rings is 1. The first-order chi connectivity index (χ1) is 7.54. The van der Waals surface area contributed by atoms with Crippen molar-refractivity contribution in [2.75, 3.05) is 6.61 Å². The van der Waals surface area contributed by atoms with Gasteiger partial charge in [0.25, 0.3) is 0 Å². The van der Waals surface area contributed by atoms with Gasteiger partial charge in [-0.3, -0.25) is 0 Å². The van der Waals surface area contributed by atoms with E-state index in [1.807, 2.05) is 0 Å². The Bertz CT molecular complexity index is 334. The quantitative estimate of drug-likeness (QED) is 0.828. The number of nitrogens with two attached hydrogens (primary N) is 1. The molecule has 0 bridgehead atoms. The van der Waals surface area contributed by atoms with Crippen LogP contribution >= 0.6 is 0 Å². The highest BCUT2D eigenvalue weighted by Crippen LogP contribution is 2.27. The van der Waals surface area contributed by atoms with Crippen molar-refractivity contribution >= 4 is 0 Å². The molecule has 0 heterocycles. The molecule has 1 rings (SSSR count). The van der Waals surface area contributed by atoms with E-state index in [0.29, 0.717) is 12.5 Å². The van der Waals surface area contributed by atoms with E-state index in [2.05, 4.69) is 45.9 Å². The summed E-state index contributed by atoms with van der Waals surface area (Å²) in [4.78, 5) is 0. The van der Waals surface area contributed by atoms with Crippen LogP contribution in [0.3, 0.4) is 0 Å². The molecule has 0 aliphatic heterocycles. The van der Waals surface area contributed by atoms with Crippen molar-refractivity contribution < 1.29 is 4.74 Å². The van der Waals surface area contributed by atoms with Gasteiger partial charge in [-0.2, -0.15) is 0 Å². The van der Waals surface area contributed by atoms with Gasteiger partial charge < -0.3 is 10.5 Å². The number of hydrogen-bond donors (Lipinski definition) is 1. The van der Waals surface area contributed by atoms with Crippen LogP contribution in [-0.2, 0) is 0 Å². The molecule has 0 aliphatic rings. The average Bonchev–Trinajstić information content (AvgIpc) is 2.25. The zero-order valence-corrected chi connectivity index (χ0v) is 10.8. The van der Waals surface area contributed by atoms with E-state index in [1.165, 1.54) is 11.1 Å². The summed E-state index contributed by atoms with van der Waals surface area (Å²) in [5, 5.41) is 0. The molecule has 0 spiro atoms. The third-order valence-corrected chi connectivity index (χ3v) is 2.77. The van der Waals surface area contributed by atoms with Crippen molar-refractivity contribution in [1.29, 1.82) is 0 Å². The molecule has 1 aromatic rings. The molecule has 1 unspecified atom stereocenters. The van der Waals surface area contributed by atoms with E-state index in [1.54, 1.807) is 0 Å². The van der Waals surface area contributed by atoms with Crippen molar-refractivity contribution in [1.82, 2.24) is 0 Å². The Morgan fingerprint density at radius 1 is 1.31 bits per heavy atom. The van der Waals surface area contributed by atoms with Crippen LogP contribution in [0.5, 0.6) is 5.75 Å². The highest BCUT2D eigenvalue weighted by Gasteiger charge is 2.09. The molecule has 1 aromatic carbocycles. The lowest BCUT2D eigenvalue weighted by atomic mass is 10.0. The van der Waals surface area contributed by atoms with Crippen LogP contribution < -0.4 is 10.5 Å². The summed E-state index contributed by atoms with van der Waals surface area (Å²) in [5.74, 6) is 1.47. The summed E-state index contributed by atoms with van der Waals surface area (Å²) < 4.78 is 5.81. The fourth-order valence-electron chi connectivity index (χ4n) is 1.56. The van der Waals surface area contributed by atoms with E-state index < -0.39 is 0 Å². The third-order valence-electron chi connectivity index (χ3n) is 2.77. The maximum Gasteiger partial charge on any atom is 0.123 e. The molecule has 0 aromatic heterocycles. The Hall–Kier alpha value is -1.02. The van der Waals surface area contributed by atoms with Gasteiger partial charge in [0.05, 0.1) is 0 Å². The van der Waals surface area contributed by atoms with Crippen LogP contribution in [0.25, 0.3) is 0 Å². The average molecular weight is 221 g/mol. The predicted molar refractivity (Wildman–Crippen MR) is 69.0 cm³/mol. The van der Waals surface area contributed by atoms with Crippen molar-refractivity contribution in [3.63, 3.8) is 0 Å². The lowest BCUT2D eigenvalue weighted by Crippen LogP contribution is -2.27. The molecule has 0 fully saturated rings. The molecule has 16 heavy (non-hydrogen) atoms. The molecule has 2 nitrogen and oxygen atoms in total. The van der Waals surface area contributed by atoms with Crippen molar-refractivity contribution in [2.45, 2.75) is 46.1 Å². The van der Waals surface area contributed by atoms with E-state index in [0.717, 1.165) is 12.2 Å². The largest absolute Gasteiger partial charge is 0.492 e. The molecular formula is C14H23NO. The van der Waals surface area contributed by atoms with Crippen molar-refractivity contribution in [3.05, 3.63) is 29.3 Å². The molecule has 2 heteroatoms. The molecule has 0 saturated carbocycles. The first-order valence-electron chi connectivity index (χ1n) is 6.03. The fraction of sp³-hybridized carbons (Fsp3) is 0.571. The van der Waals surface area contributed by atoms with Crippen molar-refractivity contribution in [3.8, 4) is 5.75 Å². The van der Waals surface area contributed by atoms with Gasteiger partial charge in [0, 0.05) is 6.04 Å². The SMILES string of the molecule is CCC(N)COc1cc(C)ccc1C(C)C. The zero-order chi connectivity index (χ0) is 12.1. The first-order valence-corrected chi connectivity index (χ1v) is 6.03. The monoisotopic (exact) mass is 221 g/mol. The molecule has 0 amide bonds. The van der Waals surface area contributed by atoms with Crippen LogP contribution in [0.2, 0.25) is 0 Å². The second-order valence-corrected chi connectivity index (χ2v) is 4.68. The number of ether oxygens (including phenoxy) is 1. The Morgan fingerprint density at radius 2 is 2.00 bits per heavy atom. The van der Waals surface area contributed by atoms with E-state index in [-0.39, 0.29) is 6.04 Å². The topological polar surface area (TPSA) is 35.2 Å². The smallest absolute Gasteiger partial charge is 0.123 e. The van der Waals surface area contributed by atoms with Crippen LogP contribution in [0.15, 0.2) is 18.2 Å². The van der Waals surface area contributed by atoms with Crippen LogP contribution in [0.1, 0.15) is 44.2 Å². The van der Waals surface area contributed by atoms with Gasteiger partial charge in [0.2, 0.25) is 0 Å². The minimum absolute atomic E-state index is 0.125. The standard InChI is InChI=1S/C14H23NO/c1-5-12(15)9-16-14-8-11(4)6-7-13(14)10(2)3/h6-8,10,12H,5,9,15H2,1-4H3. The van der Waals surface area contributed by atoms with Crippen LogP contribution in [0, 0.1) is 6.92 Å². The highest BCUT2D eigenvalue weighted by molar-refractivity contribution is 5.39. The van der Waals surface area contributed by atoms with Gasteiger partial charge in [0.15, 0.2) is 0 Å². The second kappa shape index (κ2) is 5.90. The first kappa shape index (κ1) is 13.0. The lowest BCUT2D eigenvalue weighted by molar-refractivity contribution is 0.282. The lowest BCUT2D eigenvalue weighted by Gasteiger charge is -2.17. The van der Waals surface area contributed by atoms with Gasteiger partial charge in [-0.05, 0) is 36.5 Å². The molecule has 2 N–H and O–H groups in total. The van der Waals surface area contributed by atoms with E-state index >= 15 is 0 Å². The number of rotatable bonds is 5. The Balaban J connectivity index is 2.80. The van der Waals surface area contributed by atoms with E-state index in [9.17, 15) is 0 Å². The predicted octanol–water partition coefficient (Wildman–Crippen LogP) is 3.23. The summed E-state index contributed by atoms with van der Waals surface area (Å²) in [7, 11) is 0. The Labute approximate surface area is 98.8 Å². The maximum absolute atomic E-state index is 5.86. The van der Waals surface area contributed by atoms with Gasteiger partial charge in [-0.25, -0.2) is 0 Å². The number of hydrogen-bond acceptors (Lipinski definition) is 2. The molecule has 0 saturated heterocycles. The van der Waals surface area contributed by atoms with Crippen molar-refractivity contribution in [2.24, 2.45) is 5.73 Å². The van der Waals surface area contributed by atoms with Gasteiger partial charge in [-0.15, -0.1) is 0 Å². The zero-order valence-electron chi connectivity index (χ0n) is 10.8. The summed E-state index contributed by atoms with van der Waals surface area (Å²) in [6.07, 6.45) is 0.947. The van der Waals surface area contributed by atoms with Gasteiger partial charge in [0.1, 0.15) is 12.4 Å². The minimum atomic E-state index is 0.125. The van der Waals surface area contributed by atoms with E-state index in [4.69, 9.17) is 10.5 Å². The normalized spacial score (nSPS) is 12.9. The molecular weight excluding hydrogens is 198 g/mol. The maximum atomic E-state index is 5.86. The van der Waals surface area contributed by atoms with Gasteiger partial charge >= 0.3 is 0 Å². The molecule has 0 radical (unpaired) electrons. The fourth-order valence-corrected chi connectivity index (χ4v) is 1.56. The Morgan fingerprint density at radius 3 is 2.56 bits per heavy atom. The minimum Gasteiger partial charge on any atom is -0.492 e. The molecule has 0 aliphatic carbocycles. The summed E-state index contributed by atoms with van der Waals surface area (Å²) >= 11 is 0. The molecule has 1 atom stereocenters. The highest BCUT2D eigenvalue weighted by atomic mass is 16.5. The summed E-state index contributed by atoms with van der Waals surface area (Å²) in [6.45, 7) is 9.11. The van der Waals surface area contributed by atoms with Gasteiger partial charge in [-0.1, -0.05) is 32.9 Å². The third kappa shape index (κ3) is 3.53. The van der Waals surface area contributed by atoms with Crippen LogP contribution in [0.4, 0.5) is 0 Å².